The molecule has 0 unspecified atom stereocenters. The van der Waals surface area contributed by atoms with E-state index in [1.807, 2.05) is 30.3 Å². The first-order valence-electron chi connectivity index (χ1n) is 8.94. The fraction of sp³-hybridized carbons (Fsp3) is 0.0870. The molecule has 0 atom stereocenters. The van der Waals surface area contributed by atoms with Gasteiger partial charge in [0.1, 0.15) is 12.4 Å². The number of ether oxygens (including phenoxy) is 1. The molecule has 0 saturated carbocycles. The third-order valence-electron chi connectivity index (χ3n) is 4.08. The largest absolute Gasteiger partial charge is 0.489 e. The van der Waals surface area contributed by atoms with Crippen LogP contribution in [0.5, 0.6) is 5.75 Å². The summed E-state index contributed by atoms with van der Waals surface area (Å²) in [6.45, 7) is 0.394. The molecule has 0 aromatic heterocycles. The molecule has 154 valence electrons. The quantitative estimate of drug-likeness (QED) is 0.447. The summed E-state index contributed by atoms with van der Waals surface area (Å²) in [7, 11) is 0. The van der Waals surface area contributed by atoms with Gasteiger partial charge >= 0.3 is 6.18 Å². The van der Waals surface area contributed by atoms with Crippen molar-refractivity contribution in [3.05, 3.63) is 101 Å². The monoisotopic (exact) mass is 431 g/mol. The molecule has 0 aliphatic heterocycles. The Morgan fingerprint density at radius 1 is 1.00 bits per heavy atom. The number of alkyl halides is 3. The van der Waals surface area contributed by atoms with Crippen LogP contribution in [0.1, 0.15) is 16.7 Å². The molecule has 3 rings (SSSR count). The highest BCUT2D eigenvalue weighted by molar-refractivity contribution is 6.30. The van der Waals surface area contributed by atoms with Crippen molar-refractivity contribution in [2.24, 2.45) is 0 Å². The summed E-state index contributed by atoms with van der Waals surface area (Å²) in [6, 6.07) is 19.8. The van der Waals surface area contributed by atoms with E-state index >= 15 is 0 Å². The second-order valence-electron chi connectivity index (χ2n) is 6.36. The average Bonchev–Trinajstić information content (AvgIpc) is 2.72. The van der Waals surface area contributed by atoms with Gasteiger partial charge in [-0.05, 0) is 47.5 Å². The lowest BCUT2D eigenvalue weighted by Gasteiger charge is -2.13. The number of halogens is 4. The summed E-state index contributed by atoms with van der Waals surface area (Å²) >= 11 is 5.64. The molecule has 0 saturated heterocycles. The molecule has 0 fully saturated rings. The lowest BCUT2D eigenvalue weighted by Crippen LogP contribution is -2.14. The van der Waals surface area contributed by atoms with Gasteiger partial charge in [0.15, 0.2) is 0 Å². The number of anilines is 1. The van der Waals surface area contributed by atoms with Crippen molar-refractivity contribution in [1.82, 2.24) is 0 Å². The number of amides is 1. The highest BCUT2D eigenvalue weighted by Gasteiger charge is 2.34. The Labute approximate surface area is 176 Å². The van der Waals surface area contributed by atoms with Crippen molar-refractivity contribution in [1.29, 1.82) is 0 Å². The van der Waals surface area contributed by atoms with Gasteiger partial charge in [0.25, 0.3) is 0 Å². The van der Waals surface area contributed by atoms with E-state index in [4.69, 9.17) is 16.3 Å². The molecule has 0 aliphatic carbocycles. The third-order valence-corrected chi connectivity index (χ3v) is 4.31. The van der Waals surface area contributed by atoms with E-state index in [0.29, 0.717) is 17.9 Å². The summed E-state index contributed by atoms with van der Waals surface area (Å²) in [6.07, 6.45) is -1.99. The first-order valence-corrected chi connectivity index (χ1v) is 9.32. The molecule has 0 radical (unpaired) electrons. The van der Waals surface area contributed by atoms with E-state index in [1.165, 1.54) is 12.1 Å². The fourth-order valence-corrected chi connectivity index (χ4v) is 2.83. The van der Waals surface area contributed by atoms with Gasteiger partial charge in [-0.15, -0.1) is 0 Å². The van der Waals surface area contributed by atoms with E-state index in [0.717, 1.165) is 23.8 Å². The zero-order chi connectivity index (χ0) is 21.6. The maximum Gasteiger partial charge on any atom is 0.418 e. The average molecular weight is 432 g/mol. The summed E-state index contributed by atoms with van der Waals surface area (Å²) in [4.78, 5) is 12.1. The summed E-state index contributed by atoms with van der Waals surface area (Å²) in [5.41, 5.74) is 0.318. The minimum absolute atomic E-state index is 0.0665. The van der Waals surface area contributed by atoms with Gasteiger partial charge in [0.2, 0.25) is 5.91 Å². The van der Waals surface area contributed by atoms with Crippen molar-refractivity contribution in [3.63, 3.8) is 0 Å². The predicted octanol–water partition coefficient (Wildman–Crippen LogP) is 6.59. The number of benzene rings is 3. The van der Waals surface area contributed by atoms with Crippen molar-refractivity contribution in [3.8, 4) is 5.75 Å². The standard InChI is InChI=1S/C23H17ClF3NO2/c24-18-10-11-21(20(14-18)23(25,26)27)28-22(29)12-9-16-7-4-8-19(13-16)30-15-17-5-2-1-3-6-17/h1-14H,15H2,(H,28,29)/b12-9+. The fourth-order valence-electron chi connectivity index (χ4n) is 2.66. The zero-order valence-electron chi connectivity index (χ0n) is 15.6. The predicted molar refractivity (Wildman–Crippen MR) is 111 cm³/mol. The number of carbonyl (C=O) groups excluding carboxylic acids is 1. The minimum Gasteiger partial charge on any atom is -0.489 e. The Morgan fingerprint density at radius 3 is 2.50 bits per heavy atom. The van der Waals surface area contributed by atoms with Gasteiger partial charge in [-0.3, -0.25) is 4.79 Å². The molecule has 1 amide bonds. The second kappa shape index (κ2) is 9.50. The van der Waals surface area contributed by atoms with Crippen LogP contribution in [0.3, 0.4) is 0 Å². The zero-order valence-corrected chi connectivity index (χ0v) is 16.4. The number of rotatable bonds is 6. The molecule has 3 aromatic rings. The second-order valence-corrected chi connectivity index (χ2v) is 6.79. The van der Waals surface area contributed by atoms with Gasteiger partial charge in [0, 0.05) is 11.1 Å². The van der Waals surface area contributed by atoms with Crippen LogP contribution in [0.2, 0.25) is 5.02 Å². The van der Waals surface area contributed by atoms with Crippen molar-refractivity contribution in [2.75, 3.05) is 5.32 Å². The molecule has 3 aromatic carbocycles. The SMILES string of the molecule is O=C(/C=C/c1cccc(OCc2ccccc2)c1)Nc1ccc(Cl)cc1C(F)(F)F. The number of hydrogen-bond acceptors (Lipinski definition) is 2. The van der Waals surface area contributed by atoms with Crippen LogP contribution in [0.15, 0.2) is 78.9 Å². The lowest BCUT2D eigenvalue weighted by molar-refractivity contribution is -0.136. The smallest absolute Gasteiger partial charge is 0.418 e. The minimum atomic E-state index is -4.64. The van der Waals surface area contributed by atoms with Gasteiger partial charge in [-0.2, -0.15) is 13.2 Å². The summed E-state index contributed by atoms with van der Waals surface area (Å²) < 4.78 is 45.1. The highest BCUT2D eigenvalue weighted by atomic mass is 35.5. The van der Waals surface area contributed by atoms with E-state index in [2.05, 4.69) is 5.32 Å². The van der Waals surface area contributed by atoms with Crippen LogP contribution in [-0.4, -0.2) is 5.91 Å². The highest BCUT2D eigenvalue weighted by Crippen LogP contribution is 2.36. The first kappa shape index (κ1) is 21.5. The van der Waals surface area contributed by atoms with Crippen LogP contribution in [0, 0.1) is 0 Å². The summed E-state index contributed by atoms with van der Waals surface area (Å²) in [5, 5.41) is 2.17. The summed E-state index contributed by atoms with van der Waals surface area (Å²) in [5.74, 6) is -0.0862. The van der Waals surface area contributed by atoms with E-state index in [1.54, 1.807) is 24.3 Å². The molecule has 0 spiro atoms. The lowest BCUT2D eigenvalue weighted by atomic mass is 10.1. The van der Waals surface area contributed by atoms with E-state index in [9.17, 15) is 18.0 Å². The van der Waals surface area contributed by atoms with Crippen molar-refractivity contribution >= 4 is 29.3 Å². The third kappa shape index (κ3) is 6.12. The number of carbonyl (C=O) groups is 1. The number of hydrogen-bond donors (Lipinski definition) is 1. The van der Waals surface area contributed by atoms with Crippen LogP contribution in [0.4, 0.5) is 18.9 Å². The molecule has 30 heavy (non-hydrogen) atoms. The Balaban J connectivity index is 1.66. The molecule has 7 heteroatoms. The van der Waals surface area contributed by atoms with Gasteiger partial charge < -0.3 is 10.1 Å². The Hall–Kier alpha value is -3.25. The van der Waals surface area contributed by atoms with Crippen molar-refractivity contribution < 1.29 is 22.7 Å². The molecule has 3 nitrogen and oxygen atoms in total. The molecular formula is C23H17ClF3NO2. The van der Waals surface area contributed by atoms with Crippen LogP contribution in [0.25, 0.3) is 6.08 Å². The maximum absolute atomic E-state index is 13.1. The Kier molecular flexibility index (Phi) is 6.79. The molecule has 0 aliphatic rings. The number of nitrogens with one attached hydrogen (secondary N) is 1. The molecule has 0 bridgehead atoms. The van der Waals surface area contributed by atoms with Gasteiger partial charge in [-0.25, -0.2) is 0 Å². The Morgan fingerprint density at radius 2 is 1.77 bits per heavy atom. The maximum atomic E-state index is 13.1. The van der Waals surface area contributed by atoms with E-state index < -0.39 is 17.6 Å². The van der Waals surface area contributed by atoms with Crippen molar-refractivity contribution in [2.45, 2.75) is 12.8 Å². The normalized spacial score (nSPS) is 11.5. The van der Waals surface area contributed by atoms with Gasteiger partial charge in [-0.1, -0.05) is 54.1 Å². The molecular weight excluding hydrogens is 415 g/mol. The Bertz CT molecular complexity index is 1050. The first-order chi connectivity index (χ1) is 14.3. The van der Waals surface area contributed by atoms with Crippen LogP contribution < -0.4 is 10.1 Å². The van der Waals surface area contributed by atoms with Crippen LogP contribution >= 0.6 is 11.6 Å². The van der Waals surface area contributed by atoms with Crippen LogP contribution in [-0.2, 0) is 17.6 Å². The van der Waals surface area contributed by atoms with E-state index in [-0.39, 0.29) is 10.7 Å². The van der Waals surface area contributed by atoms with Gasteiger partial charge in [0.05, 0.1) is 11.3 Å². The molecule has 0 heterocycles. The molecule has 1 N–H and O–H groups in total. The topological polar surface area (TPSA) is 38.3 Å².